The normalized spacial score (nSPS) is 11.3. The van der Waals surface area contributed by atoms with Gasteiger partial charge in [0, 0.05) is 22.8 Å². The van der Waals surface area contributed by atoms with Crippen molar-refractivity contribution in [2.75, 3.05) is 5.32 Å². The monoisotopic (exact) mass is 276 g/mol. The average molecular weight is 276 g/mol. The molecule has 2 aromatic rings. The highest BCUT2D eigenvalue weighted by molar-refractivity contribution is 6.04. The molecule has 0 bridgehead atoms. The Hall–Kier alpha value is -2.50. The van der Waals surface area contributed by atoms with Crippen LogP contribution in [0.4, 0.5) is 10.5 Å². The third-order valence-electron chi connectivity index (χ3n) is 2.56. The number of aromatic nitrogens is 1. The van der Waals surface area contributed by atoms with E-state index in [2.05, 4.69) is 10.3 Å². The van der Waals surface area contributed by atoms with E-state index in [1.807, 2.05) is 0 Å². The minimum atomic E-state index is -0.996. The van der Waals surface area contributed by atoms with Crippen LogP contribution in [0.1, 0.15) is 31.1 Å². The van der Waals surface area contributed by atoms with Gasteiger partial charge in [-0.25, -0.2) is 9.59 Å². The molecule has 0 saturated carbocycles. The number of carbonyl (C=O) groups is 2. The largest absolute Gasteiger partial charge is 0.478 e. The number of fused-ring (bicyclic) bond motifs is 1. The van der Waals surface area contributed by atoms with E-state index in [0.717, 1.165) is 0 Å². The summed E-state index contributed by atoms with van der Waals surface area (Å²) >= 11 is 0. The number of ether oxygens (including phenoxy) is 1. The number of H-pyrrole nitrogens is 1. The summed E-state index contributed by atoms with van der Waals surface area (Å²) in [5.74, 6) is -0.996. The predicted molar refractivity (Wildman–Crippen MR) is 75.1 cm³/mol. The number of carbonyl (C=O) groups excluding carboxylic acids is 1. The number of carboxylic acids is 1. The zero-order chi connectivity index (χ0) is 14.9. The number of anilines is 1. The number of amides is 1. The molecule has 2 rings (SSSR count). The molecule has 0 aliphatic heterocycles. The third kappa shape index (κ3) is 3.09. The second-order valence-corrected chi connectivity index (χ2v) is 5.39. The number of hydrogen-bond donors (Lipinski definition) is 3. The Morgan fingerprint density at radius 1 is 1.30 bits per heavy atom. The first-order valence-corrected chi connectivity index (χ1v) is 6.11. The van der Waals surface area contributed by atoms with Crippen LogP contribution in [-0.4, -0.2) is 27.8 Å². The Morgan fingerprint density at radius 2 is 2.00 bits per heavy atom. The molecular formula is C14H16N2O4. The van der Waals surface area contributed by atoms with Gasteiger partial charge < -0.3 is 14.8 Å². The Kier molecular flexibility index (Phi) is 3.40. The molecule has 0 spiro atoms. The maximum absolute atomic E-state index is 11.6. The molecule has 0 aliphatic carbocycles. The van der Waals surface area contributed by atoms with E-state index < -0.39 is 17.7 Å². The molecule has 1 aromatic heterocycles. The zero-order valence-electron chi connectivity index (χ0n) is 11.5. The maximum Gasteiger partial charge on any atom is 0.412 e. The second-order valence-electron chi connectivity index (χ2n) is 5.39. The Labute approximate surface area is 115 Å². The van der Waals surface area contributed by atoms with Crippen LogP contribution in [0.2, 0.25) is 0 Å². The molecule has 1 amide bonds. The van der Waals surface area contributed by atoms with Crippen molar-refractivity contribution in [3.63, 3.8) is 0 Å². The number of hydrogen-bond acceptors (Lipinski definition) is 3. The predicted octanol–water partition coefficient (Wildman–Crippen LogP) is 3.21. The van der Waals surface area contributed by atoms with Gasteiger partial charge in [-0.1, -0.05) is 0 Å². The SMILES string of the molecule is CC(C)(C)OC(=O)Nc1ccc2c(C(=O)O)c[nH]c2c1. The van der Waals surface area contributed by atoms with Gasteiger partial charge in [0.05, 0.1) is 5.56 Å². The first kappa shape index (κ1) is 13.9. The summed E-state index contributed by atoms with van der Waals surface area (Å²) < 4.78 is 5.14. The minimum absolute atomic E-state index is 0.198. The van der Waals surface area contributed by atoms with E-state index in [1.165, 1.54) is 6.20 Å². The van der Waals surface area contributed by atoms with Crippen molar-refractivity contribution in [1.29, 1.82) is 0 Å². The second kappa shape index (κ2) is 4.88. The summed E-state index contributed by atoms with van der Waals surface area (Å²) in [4.78, 5) is 25.5. The first-order chi connectivity index (χ1) is 9.26. The van der Waals surface area contributed by atoms with Crippen LogP contribution in [0.5, 0.6) is 0 Å². The molecule has 1 heterocycles. The van der Waals surface area contributed by atoms with Crippen molar-refractivity contribution in [3.05, 3.63) is 30.0 Å². The lowest BCUT2D eigenvalue weighted by atomic mass is 10.1. The standard InChI is InChI=1S/C14H16N2O4/c1-14(2,3)20-13(19)16-8-4-5-9-10(12(17)18)7-15-11(9)6-8/h4-7,15H,1-3H3,(H,16,19)(H,17,18). The van der Waals surface area contributed by atoms with Crippen molar-refractivity contribution in [3.8, 4) is 0 Å². The first-order valence-electron chi connectivity index (χ1n) is 6.11. The summed E-state index contributed by atoms with van der Waals surface area (Å²) in [6.45, 7) is 5.33. The zero-order valence-corrected chi connectivity index (χ0v) is 11.5. The lowest BCUT2D eigenvalue weighted by Crippen LogP contribution is -2.27. The van der Waals surface area contributed by atoms with Gasteiger partial charge in [-0.2, -0.15) is 0 Å². The van der Waals surface area contributed by atoms with Crippen LogP contribution in [0.15, 0.2) is 24.4 Å². The highest BCUT2D eigenvalue weighted by Gasteiger charge is 2.17. The average Bonchev–Trinajstić information content (AvgIpc) is 2.68. The molecule has 106 valence electrons. The fourth-order valence-corrected chi connectivity index (χ4v) is 1.80. The number of aromatic carboxylic acids is 1. The van der Waals surface area contributed by atoms with E-state index >= 15 is 0 Å². The van der Waals surface area contributed by atoms with Gasteiger partial charge in [-0.05, 0) is 39.0 Å². The summed E-state index contributed by atoms with van der Waals surface area (Å²) in [6.07, 6.45) is 0.867. The van der Waals surface area contributed by atoms with Gasteiger partial charge in [-0.15, -0.1) is 0 Å². The number of carboxylic acid groups (broad SMARTS) is 1. The van der Waals surface area contributed by atoms with E-state index in [-0.39, 0.29) is 5.56 Å². The highest BCUT2D eigenvalue weighted by Crippen LogP contribution is 2.22. The molecule has 0 saturated heterocycles. The summed E-state index contributed by atoms with van der Waals surface area (Å²) in [7, 11) is 0. The van der Waals surface area contributed by atoms with Crippen LogP contribution in [0, 0.1) is 0 Å². The topological polar surface area (TPSA) is 91.4 Å². The molecule has 1 aromatic carbocycles. The molecular weight excluding hydrogens is 260 g/mol. The quantitative estimate of drug-likeness (QED) is 0.785. The van der Waals surface area contributed by atoms with E-state index in [1.54, 1.807) is 39.0 Å². The molecule has 6 heteroatoms. The Balaban J connectivity index is 2.21. The van der Waals surface area contributed by atoms with Gasteiger partial charge in [-0.3, -0.25) is 5.32 Å². The molecule has 3 N–H and O–H groups in total. The lowest BCUT2D eigenvalue weighted by molar-refractivity contribution is 0.0634. The van der Waals surface area contributed by atoms with Crippen molar-refractivity contribution in [2.24, 2.45) is 0 Å². The smallest absolute Gasteiger partial charge is 0.412 e. The van der Waals surface area contributed by atoms with Crippen molar-refractivity contribution in [2.45, 2.75) is 26.4 Å². The summed E-state index contributed by atoms with van der Waals surface area (Å²) in [5, 5.41) is 12.2. The van der Waals surface area contributed by atoms with Gasteiger partial charge in [0.2, 0.25) is 0 Å². The highest BCUT2D eigenvalue weighted by atomic mass is 16.6. The van der Waals surface area contributed by atoms with Gasteiger partial charge >= 0.3 is 12.1 Å². The summed E-state index contributed by atoms with van der Waals surface area (Å²) in [6, 6.07) is 4.93. The molecule has 0 aliphatic rings. The maximum atomic E-state index is 11.6. The number of rotatable bonds is 2. The third-order valence-corrected chi connectivity index (χ3v) is 2.56. The van der Waals surface area contributed by atoms with Gasteiger partial charge in [0.25, 0.3) is 0 Å². The lowest BCUT2D eigenvalue weighted by Gasteiger charge is -2.19. The van der Waals surface area contributed by atoms with Crippen LogP contribution < -0.4 is 5.32 Å². The molecule has 0 fully saturated rings. The molecule has 0 unspecified atom stereocenters. The summed E-state index contributed by atoms with van der Waals surface area (Å²) in [5.41, 5.74) is 0.794. The van der Waals surface area contributed by atoms with Crippen molar-refractivity contribution in [1.82, 2.24) is 4.98 Å². The van der Waals surface area contributed by atoms with E-state index in [4.69, 9.17) is 9.84 Å². The van der Waals surface area contributed by atoms with Crippen LogP contribution in [0.25, 0.3) is 10.9 Å². The van der Waals surface area contributed by atoms with Crippen molar-refractivity contribution < 1.29 is 19.4 Å². The van der Waals surface area contributed by atoms with Crippen LogP contribution in [-0.2, 0) is 4.74 Å². The Morgan fingerprint density at radius 3 is 2.60 bits per heavy atom. The molecule has 0 atom stereocenters. The van der Waals surface area contributed by atoms with Gasteiger partial charge in [0.15, 0.2) is 0 Å². The fraction of sp³-hybridized carbons (Fsp3) is 0.286. The van der Waals surface area contributed by atoms with E-state index in [9.17, 15) is 9.59 Å². The minimum Gasteiger partial charge on any atom is -0.478 e. The molecule has 6 nitrogen and oxygen atoms in total. The van der Waals surface area contributed by atoms with Crippen LogP contribution >= 0.6 is 0 Å². The Bertz CT molecular complexity index is 667. The molecule has 20 heavy (non-hydrogen) atoms. The number of aromatic amines is 1. The van der Waals surface area contributed by atoms with Gasteiger partial charge in [0.1, 0.15) is 5.60 Å². The van der Waals surface area contributed by atoms with Crippen LogP contribution in [0.3, 0.4) is 0 Å². The van der Waals surface area contributed by atoms with E-state index in [0.29, 0.717) is 16.6 Å². The number of benzene rings is 1. The van der Waals surface area contributed by atoms with Crippen molar-refractivity contribution >= 4 is 28.7 Å². The fourth-order valence-electron chi connectivity index (χ4n) is 1.80. The molecule has 0 radical (unpaired) electrons. The number of nitrogens with one attached hydrogen (secondary N) is 2.